The van der Waals surface area contributed by atoms with E-state index in [0.29, 0.717) is 50.2 Å². The van der Waals surface area contributed by atoms with Gasteiger partial charge in [-0.15, -0.1) is 9.42 Å². The molecule has 0 amide bonds. The number of aryl methyl sites for hydroxylation is 1. The quantitative estimate of drug-likeness (QED) is 0.139. The fourth-order valence-electron chi connectivity index (χ4n) is 3.89. The Labute approximate surface area is 221 Å². The second-order valence-electron chi connectivity index (χ2n) is 8.98. The standard InChI is InChI=1S/C27H32F3N2O5P/c1-19(2)37-26-11-9-20(17-23(26)27(28,29)30)6-3-13-32-24-10-8-21(16-22(24)25-7-4-14-35-25)18-31-12-5-15-36-38(33)34/h4,7-11,14,16-17,19,31-32H,3,5-6,12-13,15,18H2,1-2H3/p+1. The van der Waals surface area contributed by atoms with E-state index in [1.807, 2.05) is 24.3 Å². The number of nitrogens with one attached hydrogen (secondary N) is 2. The number of alkyl halides is 3. The molecule has 11 heteroatoms. The summed E-state index contributed by atoms with van der Waals surface area (Å²) in [5.41, 5.74) is 2.61. The van der Waals surface area contributed by atoms with E-state index in [-0.39, 0.29) is 18.5 Å². The van der Waals surface area contributed by atoms with Crippen LogP contribution < -0.4 is 15.4 Å². The molecule has 38 heavy (non-hydrogen) atoms. The molecule has 3 aromatic rings. The predicted molar refractivity (Wildman–Crippen MR) is 140 cm³/mol. The van der Waals surface area contributed by atoms with Gasteiger partial charge in [0.2, 0.25) is 0 Å². The van der Waals surface area contributed by atoms with E-state index in [9.17, 15) is 17.7 Å². The Hall–Kier alpha value is -2.91. The summed E-state index contributed by atoms with van der Waals surface area (Å²) < 4.78 is 66.7. The van der Waals surface area contributed by atoms with Crippen LogP contribution in [0.15, 0.2) is 59.2 Å². The van der Waals surface area contributed by atoms with Gasteiger partial charge >= 0.3 is 14.4 Å². The van der Waals surface area contributed by atoms with Gasteiger partial charge in [-0.2, -0.15) is 13.2 Å². The van der Waals surface area contributed by atoms with Crippen molar-refractivity contribution < 1.29 is 36.3 Å². The molecule has 0 aliphatic rings. The molecule has 1 unspecified atom stereocenters. The number of furan rings is 1. The minimum absolute atomic E-state index is 0.151. The average molecular weight is 554 g/mol. The van der Waals surface area contributed by atoms with Crippen molar-refractivity contribution in [3.8, 4) is 17.1 Å². The van der Waals surface area contributed by atoms with Crippen LogP contribution in [0.1, 0.15) is 43.4 Å². The first-order valence-corrected chi connectivity index (χ1v) is 13.5. The zero-order valence-corrected chi connectivity index (χ0v) is 22.3. The number of anilines is 1. The molecule has 1 heterocycles. The van der Waals surface area contributed by atoms with E-state index < -0.39 is 20.0 Å². The third-order valence-corrected chi connectivity index (χ3v) is 5.97. The number of benzene rings is 2. The lowest BCUT2D eigenvalue weighted by atomic mass is 10.0. The maximum atomic E-state index is 13.5. The topological polar surface area (TPSA) is 93.0 Å². The number of halogens is 3. The van der Waals surface area contributed by atoms with Crippen LogP contribution in [-0.4, -0.2) is 30.7 Å². The zero-order valence-electron chi connectivity index (χ0n) is 21.4. The van der Waals surface area contributed by atoms with Gasteiger partial charge in [-0.3, -0.25) is 0 Å². The lowest BCUT2D eigenvalue weighted by Gasteiger charge is -2.17. The lowest BCUT2D eigenvalue weighted by molar-refractivity contribution is -0.139. The van der Waals surface area contributed by atoms with Crippen LogP contribution >= 0.6 is 8.25 Å². The molecule has 0 radical (unpaired) electrons. The largest absolute Gasteiger partial charge is 0.694 e. The summed E-state index contributed by atoms with van der Waals surface area (Å²) in [5, 5.41) is 6.65. The van der Waals surface area contributed by atoms with Crippen LogP contribution in [0.25, 0.3) is 11.3 Å². The highest BCUT2D eigenvalue weighted by Crippen LogP contribution is 2.37. The fraction of sp³-hybridized carbons (Fsp3) is 0.407. The zero-order chi connectivity index (χ0) is 27.5. The molecule has 1 aromatic heterocycles. The van der Waals surface area contributed by atoms with E-state index in [0.717, 1.165) is 16.8 Å². The second kappa shape index (κ2) is 14.3. The summed E-state index contributed by atoms with van der Waals surface area (Å²) in [6.45, 7) is 5.37. The van der Waals surface area contributed by atoms with Crippen LogP contribution in [0.3, 0.4) is 0 Å². The summed E-state index contributed by atoms with van der Waals surface area (Å²) in [7, 11) is -2.57. The Morgan fingerprint density at radius 3 is 2.53 bits per heavy atom. The van der Waals surface area contributed by atoms with E-state index in [4.69, 9.17) is 14.0 Å². The molecule has 2 aromatic carbocycles. The van der Waals surface area contributed by atoms with E-state index in [2.05, 4.69) is 15.2 Å². The van der Waals surface area contributed by atoms with Crippen LogP contribution in [0.2, 0.25) is 0 Å². The maximum absolute atomic E-state index is 13.5. The van der Waals surface area contributed by atoms with Gasteiger partial charge in [0.1, 0.15) is 18.1 Å². The molecule has 0 aliphatic carbocycles. The van der Waals surface area contributed by atoms with Gasteiger partial charge in [-0.25, -0.2) is 0 Å². The van der Waals surface area contributed by atoms with Crippen molar-refractivity contribution in [2.24, 2.45) is 0 Å². The van der Waals surface area contributed by atoms with Crippen molar-refractivity contribution in [1.29, 1.82) is 0 Å². The number of ether oxygens (including phenoxy) is 1. The van der Waals surface area contributed by atoms with Crippen molar-refractivity contribution in [3.05, 3.63) is 71.5 Å². The molecule has 7 nitrogen and oxygen atoms in total. The van der Waals surface area contributed by atoms with Crippen molar-refractivity contribution in [3.63, 3.8) is 0 Å². The number of hydrogen-bond acceptors (Lipinski definition) is 6. The number of hydrogen-bond donors (Lipinski definition) is 3. The Kier molecular flexibility index (Phi) is 11.2. The monoisotopic (exact) mass is 553 g/mol. The molecule has 0 fully saturated rings. The third-order valence-electron chi connectivity index (χ3n) is 5.57. The Balaban J connectivity index is 1.58. The highest BCUT2D eigenvalue weighted by atomic mass is 31.1. The highest BCUT2D eigenvalue weighted by Gasteiger charge is 2.34. The van der Waals surface area contributed by atoms with E-state index >= 15 is 0 Å². The molecule has 3 rings (SSSR count). The molecule has 0 saturated carbocycles. The van der Waals surface area contributed by atoms with Crippen molar-refractivity contribution in [2.45, 2.75) is 51.9 Å². The highest BCUT2D eigenvalue weighted by molar-refractivity contribution is 7.32. The SMILES string of the molecule is CC(C)Oc1ccc(CCCNc2ccc(CNCCCO[P+](=O)O)cc2-c2ccco2)cc1C(F)(F)F. The van der Waals surface area contributed by atoms with Gasteiger partial charge in [0.15, 0.2) is 0 Å². The summed E-state index contributed by atoms with van der Waals surface area (Å²) in [6, 6.07) is 13.9. The van der Waals surface area contributed by atoms with Gasteiger partial charge in [-0.05, 0) is 87.2 Å². The molecule has 206 valence electrons. The molecule has 1 atom stereocenters. The summed E-state index contributed by atoms with van der Waals surface area (Å²) >= 11 is 0. The van der Waals surface area contributed by atoms with Gasteiger partial charge in [-0.1, -0.05) is 12.1 Å². The molecule has 0 aliphatic heterocycles. The molecule has 3 N–H and O–H groups in total. The van der Waals surface area contributed by atoms with Crippen LogP contribution in [0.5, 0.6) is 5.75 Å². The van der Waals surface area contributed by atoms with E-state index in [1.165, 1.54) is 12.1 Å². The summed E-state index contributed by atoms with van der Waals surface area (Å²) in [5.74, 6) is 0.549. The summed E-state index contributed by atoms with van der Waals surface area (Å²) in [6.07, 6.45) is -1.53. The van der Waals surface area contributed by atoms with Crippen molar-refractivity contribution in [2.75, 3.05) is 25.0 Å². The Morgan fingerprint density at radius 1 is 1.05 bits per heavy atom. The van der Waals surface area contributed by atoms with Crippen LogP contribution in [0.4, 0.5) is 18.9 Å². The maximum Gasteiger partial charge on any atom is 0.694 e. The third kappa shape index (κ3) is 9.44. The van der Waals surface area contributed by atoms with E-state index in [1.54, 1.807) is 32.2 Å². The number of rotatable bonds is 15. The van der Waals surface area contributed by atoms with Crippen molar-refractivity contribution >= 4 is 13.9 Å². The normalized spacial score (nSPS) is 12.1. The van der Waals surface area contributed by atoms with Gasteiger partial charge in [0.05, 0.1) is 17.9 Å². The first-order chi connectivity index (χ1) is 18.1. The lowest BCUT2D eigenvalue weighted by Crippen LogP contribution is -2.16. The fourth-order valence-corrected chi connectivity index (χ4v) is 4.18. The minimum Gasteiger partial charge on any atom is -0.490 e. The molecular weight excluding hydrogens is 520 g/mol. The first kappa shape index (κ1) is 29.6. The first-order valence-electron chi connectivity index (χ1n) is 12.4. The van der Waals surface area contributed by atoms with Crippen molar-refractivity contribution in [1.82, 2.24) is 5.32 Å². The second-order valence-corrected chi connectivity index (χ2v) is 9.72. The molecular formula is C27H33F3N2O5P+. The smallest absolute Gasteiger partial charge is 0.490 e. The molecule has 0 bridgehead atoms. The van der Waals surface area contributed by atoms with Crippen LogP contribution in [-0.2, 0) is 28.2 Å². The Morgan fingerprint density at radius 2 is 1.84 bits per heavy atom. The predicted octanol–water partition coefficient (Wildman–Crippen LogP) is 6.94. The minimum atomic E-state index is -4.49. The molecule has 0 saturated heterocycles. The van der Waals surface area contributed by atoms with Gasteiger partial charge in [0, 0.05) is 28.9 Å². The van der Waals surface area contributed by atoms with Gasteiger partial charge in [0.25, 0.3) is 0 Å². The Bertz CT molecular complexity index is 1170. The van der Waals surface area contributed by atoms with Gasteiger partial charge < -0.3 is 19.8 Å². The average Bonchev–Trinajstić information content (AvgIpc) is 3.39. The molecule has 0 spiro atoms. The summed E-state index contributed by atoms with van der Waals surface area (Å²) in [4.78, 5) is 8.65. The van der Waals surface area contributed by atoms with Crippen LogP contribution in [0, 0.1) is 0 Å².